The van der Waals surface area contributed by atoms with E-state index in [1.54, 1.807) is 49.6 Å². The first-order valence-corrected chi connectivity index (χ1v) is 10.1. The van der Waals surface area contributed by atoms with Crippen LogP contribution in [0.2, 0.25) is 0 Å². The maximum atomic E-state index is 13.1. The lowest BCUT2D eigenvalue weighted by atomic mass is 9.95. The number of carbonyl (C=O) groups is 2. The second kappa shape index (κ2) is 9.74. The summed E-state index contributed by atoms with van der Waals surface area (Å²) in [7, 11) is 8.33. The van der Waals surface area contributed by atoms with Crippen LogP contribution in [0.3, 0.4) is 0 Å². The lowest BCUT2D eigenvalue weighted by Gasteiger charge is -2.26. The smallest absolute Gasteiger partial charge is 0.295 e. The first-order valence-electron chi connectivity index (χ1n) is 10.1. The number of carbonyl (C=O) groups excluding carboxylic acids is 2. The Morgan fingerprint density at radius 2 is 1.59 bits per heavy atom. The summed E-state index contributed by atoms with van der Waals surface area (Å²) in [5.41, 5.74) is 1.01. The van der Waals surface area contributed by atoms with Crippen molar-refractivity contribution in [2.45, 2.75) is 6.04 Å². The molecular formula is C24H28N2O6. The van der Waals surface area contributed by atoms with Crippen molar-refractivity contribution in [1.82, 2.24) is 9.80 Å². The molecule has 0 unspecified atom stereocenters. The van der Waals surface area contributed by atoms with Crippen LogP contribution in [0.5, 0.6) is 17.2 Å². The van der Waals surface area contributed by atoms with E-state index in [2.05, 4.69) is 0 Å². The molecule has 2 aromatic carbocycles. The number of likely N-dealkylation sites (tertiary alicyclic amines) is 1. The van der Waals surface area contributed by atoms with Crippen LogP contribution in [0.15, 0.2) is 48.0 Å². The molecule has 8 heteroatoms. The van der Waals surface area contributed by atoms with Gasteiger partial charge in [0.15, 0.2) is 0 Å². The third-order valence-corrected chi connectivity index (χ3v) is 5.42. The zero-order chi connectivity index (χ0) is 23.4. The van der Waals surface area contributed by atoms with Crippen molar-refractivity contribution in [2.24, 2.45) is 0 Å². The van der Waals surface area contributed by atoms with E-state index in [-0.39, 0.29) is 11.3 Å². The van der Waals surface area contributed by atoms with Crippen molar-refractivity contribution < 1.29 is 28.9 Å². The number of likely N-dealkylation sites (N-methyl/N-ethyl adjacent to an activating group) is 1. The number of ether oxygens (including phenoxy) is 3. The summed E-state index contributed by atoms with van der Waals surface area (Å²) in [6, 6.07) is 11.2. The lowest BCUT2D eigenvalue weighted by Crippen LogP contribution is -2.35. The highest BCUT2D eigenvalue weighted by molar-refractivity contribution is 6.46. The van der Waals surface area contributed by atoms with Crippen molar-refractivity contribution in [1.29, 1.82) is 0 Å². The minimum atomic E-state index is -0.743. The second-order valence-electron chi connectivity index (χ2n) is 7.64. The van der Waals surface area contributed by atoms with Gasteiger partial charge >= 0.3 is 0 Å². The van der Waals surface area contributed by atoms with Gasteiger partial charge in [0.2, 0.25) is 0 Å². The average Bonchev–Trinajstić information content (AvgIpc) is 3.06. The van der Waals surface area contributed by atoms with Gasteiger partial charge in [0.25, 0.3) is 11.7 Å². The monoisotopic (exact) mass is 440 g/mol. The number of nitrogens with zero attached hydrogens (tertiary/aromatic N) is 2. The van der Waals surface area contributed by atoms with Crippen molar-refractivity contribution in [2.75, 3.05) is 48.5 Å². The van der Waals surface area contributed by atoms with Crippen LogP contribution in [0.4, 0.5) is 0 Å². The minimum absolute atomic E-state index is 0.0161. The number of methoxy groups -OCH3 is 3. The van der Waals surface area contributed by atoms with Gasteiger partial charge in [-0.2, -0.15) is 0 Å². The molecule has 0 saturated carbocycles. The van der Waals surface area contributed by atoms with Crippen molar-refractivity contribution in [3.63, 3.8) is 0 Å². The van der Waals surface area contributed by atoms with Crippen LogP contribution in [0, 0.1) is 0 Å². The molecule has 1 N–H and O–H groups in total. The maximum Gasteiger partial charge on any atom is 0.295 e. The van der Waals surface area contributed by atoms with Gasteiger partial charge in [-0.3, -0.25) is 9.59 Å². The van der Waals surface area contributed by atoms with Crippen molar-refractivity contribution >= 4 is 17.4 Å². The highest BCUT2D eigenvalue weighted by atomic mass is 16.5. The Balaban J connectivity index is 2.17. The first-order chi connectivity index (χ1) is 15.3. The van der Waals surface area contributed by atoms with Gasteiger partial charge in [0.1, 0.15) is 23.0 Å². The van der Waals surface area contributed by atoms with Gasteiger partial charge in [-0.25, -0.2) is 0 Å². The van der Waals surface area contributed by atoms with E-state index >= 15 is 0 Å². The van der Waals surface area contributed by atoms with Crippen LogP contribution in [-0.4, -0.2) is 75.1 Å². The topological polar surface area (TPSA) is 88.5 Å². The average molecular weight is 440 g/mol. The number of amides is 1. The van der Waals surface area contributed by atoms with E-state index < -0.39 is 17.7 Å². The lowest BCUT2D eigenvalue weighted by molar-refractivity contribution is -0.140. The molecule has 2 aromatic rings. The maximum absolute atomic E-state index is 13.1. The fourth-order valence-electron chi connectivity index (χ4n) is 3.69. The SMILES string of the molecule is COc1ccc([C@H]2C(=C(O)c3ccc(OC)cc3OC)C(=O)C(=O)N2CCN(C)C)cc1. The Hall–Kier alpha value is -3.52. The number of rotatable bonds is 8. The number of ketones is 1. The number of Topliss-reactive ketones (excluding diaryl/α,β-unsaturated/α-hetero) is 1. The van der Waals surface area contributed by atoms with Gasteiger partial charge < -0.3 is 29.1 Å². The Morgan fingerprint density at radius 1 is 0.969 bits per heavy atom. The van der Waals surface area contributed by atoms with E-state index in [0.29, 0.717) is 41.5 Å². The Labute approximate surface area is 187 Å². The van der Waals surface area contributed by atoms with E-state index in [9.17, 15) is 14.7 Å². The van der Waals surface area contributed by atoms with Crippen molar-refractivity contribution in [3.8, 4) is 17.2 Å². The molecule has 3 rings (SSSR count). The third-order valence-electron chi connectivity index (χ3n) is 5.42. The molecule has 1 atom stereocenters. The Bertz CT molecular complexity index is 1030. The summed E-state index contributed by atoms with van der Waals surface area (Å²) < 4.78 is 15.8. The second-order valence-corrected chi connectivity index (χ2v) is 7.64. The highest BCUT2D eigenvalue weighted by Gasteiger charge is 2.46. The molecule has 1 aliphatic heterocycles. The molecule has 1 fully saturated rings. The van der Waals surface area contributed by atoms with Gasteiger partial charge in [0, 0.05) is 19.2 Å². The molecule has 0 bridgehead atoms. The largest absolute Gasteiger partial charge is 0.507 e. The van der Waals surface area contributed by atoms with E-state index in [0.717, 1.165) is 0 Å². The molecule has 170 valence electrons. The van der Waals surface area contributed by atoms with E-state index in [4.69, 9.17) is 14.2 Å². The van der Waals surface area contributed by atoms with Crippen LogP contribution in [-0.2, 0) is 9.59 Å². The molecule has 0 aliphatic carbocycles. The molecule has 0 spiro atoms. The third kappa shape index (κ3) is 4.40. The van der Waals surface area contributed by atoms with Gasteiger partial charge in [0.05, 0.1) is 38.5 Å². The predicted octanol–water partition coefficient (Wildman–Crippen LogP) is 2.70. The molecule has 32 heavy (non-hydrogen) atoms. The predicted molar refractivity (Wildman–Crippen MR) is 120 cm³/mol. The van der Waals surface area contributed by atoms with Crippen LogP contribution in [0.1, 0.15) is 17.2 Å². The zero-order valence-electron chi connectivity index (χ0n) is 18.9. The summed E-state index contributed by atoms with van der Waals surface area (Å²) in [4.78, 5) is 29.5. The summed E-state index contributed by atoms with van der Waals surface area (Å²) in [6.07, 6.45) is 0. The summed E-state index contributed by atoms with van der Waals surface area (Å²) >= 11 is 0. The summed E-state index contributed by atoms with van der Waals surface area (Å²) in [5, 5.41) is 11.2. The Kier molecular flexibility index (Phi) is 7.05. The first kappa shape index (κ1) is 23.1. The summed E-state index contributed by atoms with van der Waals surface area (Å²) in [5.74, 6) is -0.167. The van der Waals surface area contributed by atoms with Crippen LogP contribution >= 0.6 is 0 Å². The zero-order valence-corrected chi connectivity index (χ0v) is 18.9. The molecule has 1 aliphatic rings. The number of hydrogen-bond donors (Lipinski definition) is 1. The van der Waals surface area contributed by atoms with Gasteiger partial charge in [-0.15, -0.1) is 0 Å². The quantitative estimate of drug-likeness (QED) is 0.384. The molecule has 1 amide bonds. The number of aliphatic hydroxyl groups excluding tert-OH is 1. The molecular weight excluding hydrogens is 412 g/mol. The van der Waals surface area contributed by atoms with Crippen LogP contribution < -0.4 is 14.2 Å². The number of aliphatic hydroxyl groups is 1. The molecule has 0 radical (unpaired) electrons. The number of hydrogen-bond acceptors (Lipinski definition) is 7. The Morgan fingerprint density at radius 3 is 2.16 bits per heavy atom. The van der Waals surface area contributed by atoms with E-state index in [1.165, 1.54) is 19.1 Å². The normalized spacial score (nSPS) is 17.7. The standard InChI is InChI=1S/C24H28N2O6/c1-25(2)12-13-26-21(15-6-8-16(30-3)9-7-15)20(23(28)24(26)29)22(27)18-11-10-17(31-4)14-19(18)32-5/h6-11,14,21,27H,12-13H2,1-5H3/t21-/m0/s1. The molecule has 1 heterocycles. The fraction of sp³-hybridized carbons (Fsp3) is 0.333. The molecule has 1 saturated heterocycles. The highest BCUT2D eigenvalue weighted by Crippen LogP contribution is 2.41. The minimum Gasteiger partial charge on any atom is -0.507 e. The van der Waals surface area contributed by atoms with E-state index in [1.807, 2.05) is 19.0 Å². The van der Waals surface area contributed by atoms with Gasteiger partial charge in [-0.1, -0.05) is 12.1 Å². The van der Waals surface area contributed by atoms with Crippen LogP contribution in [0.25, 0.3) is 5.76 Å². The van der Waals surface area contributed by atoms with Gasteiger partial charge in [-0.05, 0) is 43.9 Å². The molecule has 8 nitrogen and oxygen atoms in total. The number of benzene rings is 2. The molecule has 0 aromatic heterocycles. The van der Waals surface area contributed by atoms with Crippen molar-refractivity contribution in [3.05, 3.63) is 59.2 Å². The fourth-order valence-corrected chi connectivity index (χ4v) is 3.69. The summed E-state index contributed by atoms with van der Waals surface area (Å²) in [6.45, 7) is 0.885.